The van der Waals surface area contributed by atoms with E-state index >= 15 is 0 Å². The lowest BCUT2D eigenvalue weighted by atomic mass is 9.63. The summed E-state index contributed by atoms with van der Waals surface area (Å²) in [7, 11) is 0. The first-order valence-electron chi connectivity index (χ1n) is 5.34. The number of hydrogen-bond acceptors (Lipinski definition) is 1. The van der Waals surface area contributed by atoms with E-state index in [0.717, 1.165) is 18.8 Å². The lowest BCUT2D eigenvalue weighted by Crippen LogP contribution is -2.54. The van der Waals surface area contributed by atoms with Crippen molar-refractivity contribution in [3.05, 3.63) is 4.85 Å². The van der Waals surface area contributed by atoms with E-state index in [-0.39, 0.29) is 5.54 Å². The maximum absolute atomic E-state index is 5.91. The third-order valence-electron chi connectivity index (χ3n) is 3.81. The van der Waals surface area contributed by atoms with Gasteiger partial charge in [-0.15, -0.1) is 0 Å². The molecule has 2 aliphatic heterocycles. The summed E-state index contributed by atoms with van der Waals surface area (Å²) in [5, 5.41) is 0. The van der Waals surface area contributed by atoms with Crippen molar-refractivity contribution >= 4 is 0 Å². The van der Waals surface area contributed by atoms with Gasteiger partial charge in [-0.3, -0.25) is 0 Å². The van der Waals surface area contributed by atoms with Crippen molar-refractivity contribution in [1.82, 2.24) is 0 Å². The van der Waals surface area contributed by atoms with Gasteiger partial charge in [0, 0.05) is 6.42 Å². The van der Waals surface area contributed by atoms with E-state index < -0.39 is 0 Å². The predicted molar refractivity (Wildman–Crippen MR) is 50.9 cm³/mol. The van der Waals surface area contributed by atoms with Gasteiger partial charge in [0.1, 0.15) is 0 Å². The molecule has 4 bridgehead atoms. The van der Waals surface area contributed by atoms with Crippen LogP contribution in [0.4, 0.5) is 0 Å². The molecule has 4 atom stereocenters. The molecular weight excluding hydrogens is 162 g/mol. The lowest BCUT2D eigenvalue weighted by Gasteiger charge is -2.48. The third kappa shape index (κ3) is 1.10. The molecule has 0 N–H and O–H groups in total. The Hall–Kier alpha value is -0.550. The summed E-state index contributed by atoms with van der Waals surface area (Å²) in [6.07, 6.45) is 7.22. The van der Waals surface area contributed by atoms with Crippen molar-refractivity contribution in [2.24, 2.45) is 5.92 Å². The molecule has 2 heteroatoms. The molecule has 70 valence electrons. The Labute approximate surface area is 79.1 Å². The summed E-state index contributed by atoms with van der Waals surface area (Å²) in [5.41, 5.74) is 0.240. The average molecular weight is 178 g/mol. The average Bonchev–Trinajstić information content (AvgIpc) is 2.00. The van der Waals surface area contributed by atoms with Crippen LogP contribution in [0.15, 0.2) is 0 Å². The Morgan fingerprint density at radius 1 is 1.23 bits per heavy atom. The molecule has 0 aromatic heterocycles. The maximum atomic E-state index is 5.91. The van der Waals surface area contributed by atoms with Crippen molar-refractivity contribution in [2.45, 2.75) is 56.8 Å². The van der Waals surface area contributed by atoms with Crippen molar-refractivity contribution in [3.8, 4) is 6.07 Å². The Balaban J connectivity index is 1.94. The van der Waals surface area contributed by atoms with Gasteiger partial charge in [-0.25, -0.2) is 0 Å². The zero-order chi connectivity index (χ0) is 8.89. The summed E-state index contributed by atoms with van der Waals surface area (Å²) < 4.78 is 5.91. The summed E-state index contributed by atoms with van der Waals surface area (Å²) in [6.45, 7) is 1.92. The molecule has 0 spiro atoms. The third-order valence-corrected chi connectivity index (χ3v) is 3.81. The smallest absolute Gasteiger partial charge is 0.286 e. The number of rotatable bonds is 0. The molecule has 0 aromatic rings. The Bertz CT molecular complexity index is 251. The highest BCUT2D eigenvalue weighted by molar-refractivity contribution is 5.15. The van der Waals surface area contributed by atoms with E-state index in [1.165, 1.54) is 19.3 Å². The second-order valence-corrected chi connectivity index (χ2v) is 4.89. The second kappa shape index (κ2) is 2.48. The molecule has 4 fully saturated rings. The SMILES string of the molecule is CC#[N+]C12CC3C[C@H](C1)O[C@@H](C3)C2. The number of nitrogens with zero attached hydrogens (tertiary/aromatic N) is 1. The molecule has 2 saturated carbocycles. The summed E-state index contributed by atoms with van der Waals surface area (Å²) in [6, 6.07) is 2.99. The summed E-state index contributed by atoms with van der Waals surface area (Å²) in [5.74, 6) is 0.892. The van der Waals surface area contributed by atoms with Gasteiger partial charge < -0.3 is 4.74 Å². The van der Waals surface area contributed by atoms with E-state index in [4.69, 9.17) is 4.74 Å². The van der Waals surface area contributed by atoms with Gasteiger partial charge in [0.2, 0.25) is 0 Å². The number of hydrogen-bond donors (Lipinski definition) is 0. The van der Waals surface area contributed by atoms with Crippen LogP contribution < -0.4 is 0 Å². The first-order valence-corrected chi connectivity index (χ1v) is 5.34. The fraction of sp³-hybridized carbons (Fsp3) is 0.909. The predicted octanol–water partition coefficient (Wildman–Crippen LogP) is 2.44. The highest BCUT2D eigenvalue weighted by atomic mass is 16.5. The molecular formula is C11H16NO+. The van der Waals surface area contributed by atoms with Gasteiger partial charge in [0.15, 0.2) is 0 Å². The van der Waals surface area contributed by atoms with Crippen molar-refractivity contribution in [2.75, 3.05) is 0 Å². The minimum atomic E-state index is 0.240. The largest absolute Gasteiger partial charge is 0.374 e. The van der Waals surface area contributed by atoms with Crippen LogP contribution in [0, 0.1) is 12.0 Å². The fourth-order valence-corrected chi connectivity index (χ4v) is 3.66. The van der Waals surface area contributed by atoms with Gasteiger partial charge in [0.25, 0.3) is 11.6 Å². The lowest BCUT2D eigenvalue weighted by molar-refractivity contribution is -0.154. The van der Waals surface area contributed by atoms with E-state index in [1.54, 1.807) is 0 Å². The maximum Gasteiger partial charge on any atom is 0.286 e. The second-order valence-electron chi connectivity index (χ2n) is 4.89. The zero-order valence-electron chi connectivity index (χ0n) is 8.12. The minimum Gasteiger partial charge on any atom is -0.374 e. The molecule has 0 radical (unpaired) electrons. The van der Waals surface area contributed by atoms with Crippen molar-refractivity contribution in [3.63, 3.8) is 0 Å². The van der Waals surface area contributed by atoms with Gasteiger partial charge in [-0.05, 0) is 18.8 Å². The van der Waals surface area contributed by atoms with Crippen LogP contribution >= 0.6 is 0 Å². The van der Waals surface area contributed by atoms with Crippen LogP contribution in [0.25, 0.3) is 4.85 Å². The van der Waals surface area contributed by atoms with E-state index in [2.05, 4.69) is 10.9 Å². The highest BCUT2D eigenvalue weighted by Gasteiger charge is 2.58. The van der Waals surface area contributed by atoms with E-state index in [9.17, 15) is 0 Å². The van der Waals surface area contributed by atoms with Crippen LogP contribution in [0.2, 0.25) is 0 Å². The number of ether oxygens (including phenoxy) is 1. The molecule has 0 aromatic carbocycles. The van der Waals surface area contributed by atoms with E-state index in [0.29, 0.717) is 12.2 Å². The first-order chi connectivity index (χ1) is 6.30. The molecule has 0 amide bonds. The molecule has 4 rings (SSSR count). The van der Waals surface area contributed by atoms with Gasteiger partial charge >= 0.3 is 0 Å². The van der Waals surface area contributed by atoms with Crippen molar-refractivity contribution < 1.29 is 4.74 Å². The summed E-state index contributed by atoms with van der Waals surface area (Å²) >= 11 is 0. The van der Waals surface area contributed by atoms with Gasteiger partial charge in [-0.2, -0.15) is 0 Å². The highest BCUT2D eigenvalue weighted by Crippen LogP contribution is 2.51. The molecule has 13 heavy (non-hydrogen) atoms. The molecule has 2 nitrogen and oxygen atoms in total. The fourth-order valence-electron chi connectivity index (χ4n) is 3.66. The Kier molecular flexibility index (Phi) is 1.49. The molecule has 4 aliphatic rings. The van der Waals surface area contributed by atoms with Crippen molar-refractivity contribution in [1.29, 1.82) is 0 Å². The van der Waals surface area contributed by atoms with E-state index in [1.807, 2.05) is 6.92 Å². The Morgan fingerprint density at radius 2 is 1.92 bits per heavy atom. The van der Waals surface area contributed by atoms with Crippen LogP contribution in [0.5, 0.6) is 0 Å². The Morgan fingerprint density at radius 3 is 2.46 bits per heavy atom. The van der Waals surface area contributed by atoms with Crippen LogP contribution in [-0.2, 0) is 4.74 Å². The molecule has 2 heterocycles. The standard InChI is InChI=1S/C11H16NO/c1-2-12-11-5-8-3-9(6-11)13-10(4-8)7-11/h8-10H,3-7H2,1H3/q+1/t8?,9-,10+,11?. The monoisotopic (exact) mass is 178 g/mol. The first kappa shape index (κ1) is 7.82. The topological polar surface area (TPSA) is 13.6 Å². The molecule has 2 aliphatic carbocycles. The van der Waals surface area contributed by atoms with Crippen LogP contribution in [0.3, 0.4) is 0 Å². The quantitative estimate of drug-likeness (QED) is 0.555. The minimum absolute atomic E-state index is 0.240. The normalized spacial score (nSPS) is 51.6. The van der Waals surface area contributed by atoms with Gasteiger partial charge in [-0.1, -0.05) is 4.85 Å². The zero-order valence-corrected chi connectivity index (χ0v) is 8.12. The molecule has 2 saturated heterocycles. The summed E-state index contributed by atoms with van der Waals surface area (Å²) in [4.78, 5) is 4.59. The molecule has 2 unspecified atom stereocenters. The van der Waals surface area contributed by atoms with Gasteiger partial charge in [0.05, 0.1) is 32.0 Å². The van der Waals surface area contributed by atoms with Crippen LogP contribution in [0.1, 0.15) is 39.0 Å². The van der Waals surface area contributed by atoms with Crippen LogP contribution in [-0.4, -0.2) is 17.7 Å².